The Kier molecular flexibility index (Phi) is 6.35. The molecule has 1 fully saturated rings. The predicted octanol–water partition coefficient (Wildman–Crippen LogP) is 3.89. The highest BCUT2D eigenvalue weighted by Gasteiger charge is 2.31. The van der Waals surface area contributed by atoms with Gasteiger partial charge < -0.3 is 14.4 Å². The number of amides is 1. The second-order valence-electron chi connectivity index (χ2n) is 6.71. The zero-order chi connectivity index (χ0) is 19.2. The molecule has 3 rings (SSSR count). The summed E-state index contributed by atoms with van der Waals surface area (Å²) in [4.78, 5) is 17.1. The second-order valence-corrected chi connectivity index (χ2v) is 6.71. The van der Waals surface area contributed by atoms with E-state index in [4.69, 9.17) is 9.47 Å². The number of anilines is 1. The molecule has 5 heteroatoms. The first-order valence-corrected chi connectivity index (χ1v) is 9.49. The number of likely N-dealkylation sites (N-methyl/N-ethyl adjacent to an activating group) is 1. The molecule has 1 heterocycles. The van der Waals surface area contributed by atoms with Crippen molar-refractivity contribution in [1.29, 1.82) is 0 Å². The molecule has 1 amide bonds. The van der Waals surface area contributed by atoms with Gasteiger partial charge in [-0.3, -0.25) is 9.69 Å². The average Bonchev–Trinajstić information content (AvgIpc) is 3.16. The zero-order valence-electron chi connectivity index (χ0n) is 16.4. The lowest BCUT2D eigenvalue weighted by molar-refractivity contribution is -0.119. The molecule has 2 aromatic carbocycles. The van der Waals surface area contributed by atoms with E-state index in [0.29, 0.717) is 13.1 Å². The molecule has 0 aliphatic carbocycles. The molecule has 5 nitrogen and oxygen atoms in total. The molecule has 0 bridgehead atoms. The highest BCUT2D eigenvalue weighted by Crippen LogP contribution is 2.38. The molecule has 0 radical (unpaired) electrons. The van der Waals surface area contributed by atoms with E-state index in [-0.39, 0.29) is 11.9 Å². The van der Waals surface area contributed by atoms with E-state index in [1.54, 1.807) is 14.2 Å². The Balaban J connectivity index is 1.80. The monoisotopic (exact) mass is 368 g/mol. The number of benzene rings is 2. The third-order valence-electron chi connectivity index (χ3n) is 5.18. The van der Waals surface area contributed by atoms with Crippen LogP contribution < -0.4 is 14.4 Å². The SMILES string of the molecule is CCN(C(=O)CN1CCCC1c1cc(OC)ccc1OC)c1ccccc1. The highest BCUT2D eigenvalue weighted by atomic mass is 16.5. The lowest BCUT2D eigenvalue weighted by Gasteiger charge is -2.29. The molecular weight excluding hydrogens is 340 g/mol. The van der Waals surface area contributed by atoms with Crippen LogP contribution in [0.1, 0.15) is 31.4 Å². The Morgan fingerprint density at radius 1 is 1.15 bits per heavy atom. The zero-order valence-corrected chi connectivity index (χ0v) is 16.4. The molecule has 1 atom stereocenters. The molecule has 144 valence electrons. The quantitative estimate of drug-likeness (QED) is 0.743. The standard InChI is InChI=1S/C22H28N2O3/c1-4-24(17-9-6-5-7-10-17)22(25)16-23-14-8-11-20(23)19-15-18(26-2)12-13-21(19)27-3/h5-7,9-10,12-13,15,20H,4,8,11,14,16H2,1-3H3. The maximum atomic E-state index is 13.0. The van der Waals surface area contributed by atoms with Crippen LogP contribution in [0.5, 0.6) is 11.5 Å². The molecular formula is C22H28N2O3. The first-order valence-electron chi connectivity index (χ1n) is 9.49. The van der Waals surface area contributed by atoms with Gasteiger partial charge in [-0.05, 0) is 56.6 Å². The van der Waals surface area contributed by atoms with Crippen molar-refractivity contribution in [3.8, 4) is 11.5 Å². The first kappa shape index (κ1) is 19.2. The van der Waals surface area contributed by atoms with E-state index >= 15 is 0 Å². The summed E-state index contributed by atoms with van der Waals surface area (Å²) in [6.45, 7) is 3.97. The second kappa shape index (κ2) is 8.91. The van der Waals surface area contributed by atoms with Gasteiger partial charge in [-0.2, -0.15) is 0 Å². The third kappa shape index (κ3) is 4.25. The molecule has 1 aliphatic heterocycles. The number of carbonyl (C=O) groups excluding carboxylic acids is 1. The van der Waals surface area contributed by atoms with Gasteiger partial charge in [-0.15, -0.1) is 0 Å². The van der Waals surface area contributed by atoms with Gasteiger partial charge >= 0.3 is 0 Å². The van der Waals surface area contributed by atoms with Crippen LogP contribution in [0.15, 0.2) is 48.5 Å². The van der Waals surface area contributed by atoms with Gasteiger partial charge in [0.1, 0.15) is 11.5 Å². The van der Waals surface area contributed by atoms with E-state index in [1.807, 2.05) is 60.4 Å². The summed E-state index contributed by atoms with van der Waals surface area (Å²) in [5.41, 5.74) is 2.03. The molecule has 1 unspecified atom stereocenters. The Labute approximate surface area is 161 Å². The number of hydrogen-bond acceptors (Lipinski definition) is 4. The number of ether oxygens (including phenoxy) is 2. The lowest BCUT2D eigenvalue weighted by Crippen LogP contribution is -2.40. The Hall–Kier alpha value is -2.53. The molecule has 1 aliphatic rings. The van der Waals surface area contributed by atoms with Crippen LogP contribution in [0.2, 0.25) is 0 Å². The van der Waals surface area contributed by atoms with E-state index in [2.05, 4.69) is 4.90 Å². The summed E-state index contributed by atoms with van der Waals surface area (Å²) in [5.74, 6) is 1.77. The number of rotatable bonds is 7. The van der Waals surface area contributed by atoms with Gasteiger partial charge in [0.25, 0.3) is 0 Å². The van der Waals surface area contributed by atoms with Crippen LogP contribution in [0.25, 0.3) is 0 Å². The van der Waals surface area contributed by atoms with Gasteiger partial charge in [-0.25, -0.2) is 0 Å². The summed E-state index contributed by atoms with van der Waals surface area (Å²) >= 11 is 0. The maximum absolute atomic E-state index is 13.0. The van der Waals surface area contributed by atoms with Gasteiger partial charge in [-0.1, -0.05) is 18.2 Å². The number of carbonyl (C=O) groups is 1. The Bertz CT molecular complexity index is 763. The largest absolute Gasteiger partial charge is 0.497 e. The fourth-order valence-corrected chi connectivity index (χ4v) is 3.84. The third-order valence-corrected chi connectivity index (χ3v) is 5.18. The molecule has 0 aromatic heterocycles. The normalized spacial score (nSPS) is 16.9. The predicted molar refractivity (Wildman–Crippen MR) is 108 cm³/mol. The number of para-hydroxylation sites is 1. The van der Waals surface area contributed by atoms with Crippen LogP contribution in [-0.2, 0) is 4.79 Å². The van der Waals surface area contributed by atoms with Crippen molar-refractivity contribution in [2.45, 2.75) is 25.8 Å². The number of nitrogens with zero attached hydrogens (tertiary/aromatic N) is 2. The topological polar surface area (TPSA) is 42.0 Å². The summed E-state index contributed by atoms with van der Waals surface area (Å²) in [6.07, 6.45) is 2.07. The van der Waals surface area contributed by atoms with Crippen LogP contribution in [-0.4, -0.2) is 44.7 Å². The van der Waals surface area contributed by atoms with Gasteiger partial charge in [0, 0.05) is 23.8 Å². The van der Waals surface area contributed by atoms with Crippen molar-refractivity contribution >= 4 is 11.6 Å². The van der Waals surface area contributed by atoms with Crippen molar-refractivity contribution in [3.05, 3.63) is 54.1 Å². The van der Waals surface area contributed by atoms with Crippen LogP contribution in [0, 0.1) is 0 Å². The van der Waals surface area contributed by atoms with Gasteiger partial charge in [0.15, 0.2) is 0 Å². The summed E-state index contributed by atoms with van der Waals surface area (Å²) in [5, 5.41) is 0. The number of hydrogen-bond donors (Lipinski definition) is 0. The van der Waals surface area contributed by atoms with Crippen molar-refractivity contribution < 1.29 is 14.3 Å². The summed E-state index contributed by atoms with van der Waals surface area (Å²) in [7, 11) is 3.35. The maximum Gasteiger partial charge on any atom is 0.241 e. The van der Waals surface area contributed by atoms with E-state index in [1.165, 1.54) is 0 Å². The van der Waals surface area contributed by atoms with Crippen LogP contribution >= 0.6 is 0 Å². The molecule has 0 saturated carbocycles. The van der Waals surface area contributed by atoms with Gasteiger partial charge in [0.2, 0.25) is 5.91 Å². The molecule has 1 saturated heterocycles. The molecule has 2 aromatic rings. The van der Waals surface area contributed by atoms with E-state index < -0.39 is 0 Å². The number of methoxy groups -OCH3 is 2. The fourth-order valence-electron chi connectivity index (χ4n) is 3.84. The number of likely N-dealkylation sites (tertiary alicyclic amines) is 1. The Morgan fingerprint density at radius 3 is 2.59 bits per heavy atom. The van der Waals surface area contributed by atoms with Gasteiger partial charge in [0.05, 0.1) is 20.8 Å². The minimum atomic E-state index is 0.123. The average molecular weight is 368 g/mol. The molecule has 0 spiro atoms. The Morgan fingerprint density at radius 2 is 1.93 bits per heavy atom. The molecule has 0 N–H and O–H groups in total. The van der Waals surface area contributed by atoms with Crippen LogP contribution in [0.4, 0.5) is 5.69 Å². The van der Waals surface area contributed by atoms with E-state index in [0.717, 1.165) is 42.1 Å². The fraction of sp³-hybridized carbons (Fsp3) is 0.409. The lowest BCUT2D eigenvalue weighted by atomic mass is 10.0. The van der Waals surface area contributed by atoms with Crippen molar-refractivity contribution in [3.63, 3.8) is 0 Å². The minimum absolute atomic E-state index is 0.123. The van der Waals surface area contributed by atoms with Crippen LogP contribution in [0.3, 0.4) is 0 Å². The summed E-state index contributed by atoms with van der Waals surface area (Å²) < 4.78 is 11.0. The van der Waals surface area contributed by atoms with E-state index in [9.17, 15) is 4.79 Å². The summed E-state index contributed by atoms with van der Waals surface area (Å²) in [6, 6.07) is 15.9. The first-order chi connectivity index (χ1) is 13.2. The minimum Gasteiger partial charge on any atom is -0.497 e. The van der Waals surface area contributed by atoms with Crippen molar-refractivity contribution in [2.24, 2.45) is 0 Å². The smallest absolute Gasteiger partial charge is 0.241 e. The van der Waals surface area contributed by atoms with Crippen molar-refractivity contribution in [2.75, 3.05) is 38.8 Å². The molecule has 27 heavy (non-hydrogen) atoms. The van der Waals surface area contributed by atoms with Crippen molar-refractivity contribution in [1.82, 2.24) is 4.90 Å². The highest BCUT2D eigenvalue weighted by molar-refractivity contribution is 5.94.